The van der Waals surface area contributed by atoms with E-state index in [-0.39, 0.29) is 24.5 Å². The van der Waals surface area contributed by atoms with Crippen molar-refractivity contribution in [2.45, 2.75) is 25.3 Å². The fraction of sp³-hybridized carbons (Fsp3) is 0.259. The highest BCUT2D eigenvalue weighted by Crippen LogP contribution is 2.32. The van der Waals surface area contributed by atoms with Crippen molar-refractivity contribution in [3.8, 4) is 11.4 Å². The van der Waals surface area contributed by atoms with Crippen LogP contribution in [0.2, 0.25) is 0 Å². The van der Waals surface area contributed by atoms with Crippen molar-refractivity contribution in [3.63, 3.8) is 0 Å². The summed E-state index contributed by atoms with van der Waals surface area (Å²) in [6.07, 6.45) is 6.33. The Labute approximate surface area is 203 Å². The van der Waals surface area contributed by atoms with Gasteiger partial charge in [0.15, 0.2) is 0 Å². The van der Waals surface area contributed by atoms with Crippen molar-refractivity contribution in [3.05, 3.63) is 77.6 Å². The molecule has 35 heavy (non-hydrogen) atoms. The second-order valence-corrected chi connectivity index (χ2v) is 8.72. The molecule has 2 heterocycles. The zero-order chi connectivity index (χ0) is 24.4. The number of imidazole rings is 1. The highest BCUT2D eigenvalue weighted by atomic mass is 16.5. The Balaban J connectivity index is 1.57. The molecule has 8 heteroatoms. The third-order valence-electron chi connectivity index (χ3n) is 6.39. The minimum absolute atomic E-state index is 0.0675. The van der Waals surface area contributed by atoms with E-state index >= 15 is 0 Å². The number of carbonyl (C=O) groups excluding carboxylic acids is 2. The Morgan fingerprint density at radius 2 is 1.94 bits per heavy atom. The Hall–Kier alpha value is -4.04. The minimum atomic E-state index is -0.301. The van der Waals surface area contributed by atoms with Crippen molar-refractivity contribution in [2.75, 3.05) is 19.0 Å². The van der Waals surface area contributed by atoms with Crippen molar-refractivity contribution in [1.82, 2.24) is 19.9 Å². The second kappa shape index (κ2) is 9.68. The third kappa shape index (κ3) is 4.52. The molecule has 4 aromatic rings. The van der Waals surface area contributed by atoms with Gasteiger partial charge < -0.3 is 19.9 Å². The summed E-state index contributed by atoms with van der Waals surface area (Å²) in [5.74, 6) is 0.202. The number of methoxy groups -OCH3 is 1. The quantitative estimate of drug-likeness (QED) is 0.444. The van der Waals surface area contributed by atoms with Gasteiger partial charge in [-0.3, -0.25) is 14.6 Å². The maximum absolute atomic E-state index is 13.7. The molecule has 1 aliphatic carbocycles. The fourth-order valence-electron chi connectivity index (χ4n) is 4.82. The summed E-state index contributed by atoms with van der Waals surface area (Å²) in [6, 6.07) is 15.4. The van der Waals surface area contributed by atoms with Gasteiger partial charge in [0.1, 0.15) is 12.4 Å². The van der Waals surface area contributed by atoms with Gasteiger partial charge in [-0.25, -0.2) is 4.98 Å². The van der Waals surface area contributed by atoms with Gasteiger partial charge in [0.2, 0.25) is 5.91 Å². The highest BCUT2D eigenvalue weighted by Gasteiger charge is 2.25. The normalized spacial score (nSPS) is 15.0. The van der Waals surface area contributed by atoms with E-state index in [0.29, 0.717) is 28.1 Å². The van der Waals surface area contributed by atoms with Crippen LogP contribution < -0.4 is 10.6 Å². The number of nitrogens with zero attached hydrogens (tertiary/aromatic N) is 3. The molecule has 5 rings (SSSR count). The molecule has 2 aromatic heterocycles. The molecule has 2 N–H and O–H groups in total. The third-order valence-corrected chi connectivity index (χ3v) is 6.39. The molecule has 2 aromatic carbocycles. The summed E-state index contributed by atoms with van der Waals surface area (Å²) in [4.78, 5) is 34.8. The van der Waals surface area contributed by atoms with E-state index in [0.717, 1.165) is 30.4 Å². The zero-order valence-electron chi connectivity index (χ0n) is 19.7. The fourth-order valence-corrected chi connectivity index (χ4v) is 4.82. The number of rotatable bonds is 6. The second-order valence-electron chi connectivity index (χ2n) is 8.72. The highest BCUT2D eigenvalue weighted by molar-refractivity contribution is 6.08. The van der Waals surface area contributed by atoms with Gasteiger partial charge in [-0.1, -0.05) is 24.3 Å². The lowest BCUT2D eigenvalue weighted by atomic mass is 9.87. The summed E-state index contributed by atoms with van der Waals surface area (Å²) in [5.41, 5.74) is 5.58. The van der Waals surface area contributed by atoms with E-state index in [1.165, 1.54) is 12.7 Å². The average molecular weight is 470 g/mol. The number of anilines is 1. The molecule has 2 amide bonds. The summed E-state index contributed by atoms with van der Waals surface area (Å²) in [6.45, 7) is -0.0804. The zero-order valence-corrected chi connectivity index (χ0v) is 19.7. The lowest BCUT2D eigenvalue weighted by molar-refractivity contribution is -0.119. The number of aromatic nitrogens is 3. The lowest BCUT2D eigenvalue weighted by Crippen LogP contribution is -2.31. The Morgan fingerprint density at radius 1 is 1.14 bits per heavy atom. The Bertz CT molecular complexity index is 1400. The van der Waals surface area contributed by atoms with Gasteiger partial charge >= 0.3 is 0 Å². The van der Waals surface area contributed by atoms with E-state index in [1.54, 1.807) is 24.5 Å². The first-order chi connectivity index (χ1) is 17.0. The van der Waals surface area contributed by atoms with Crippen LogP contribution in [0.15, 0.2) is 60.9 Å². The number of ether oxygens (including phenoxy) is 1. The van der Waals surface area contributed by atoms with Crippen LogP contribution in [0.25, 0.3) is 22.4 Å². The molecule has 0 spiro atoms. The van der Waals surface area contributed by atoms with Gasteiger partial charge in [0, 0.05) is 37.8 Å². The molecule has 0 bridgehead atoms. The molecular weight excluding hydrogens is 442 g/mol. The Kier molecular flexibility index (Phi) is 6.29. The van der Waals surface area contributed by atoms with Gasteiger partial charge in [-0.2, -0.15) is 0 Å². The molecule has 0 saturated carbocycles. The van der Waals surface area contributed by atoms with Crippen LogP contribution in [0, 0.1) is 0 Å². The largest absolute Gasteiger partial charge is 0.375 e. The van der Waals surface area contributed by atoms with E-state index in [2.05, 4.69) is 27.8 Å². The number of nitrogens with one attached hydrogen (secondary N) is 2. The maximum atomic E-state index is 13.7. The first-order valence-electron chi connectivity index (χ1n) is 11.6. The predicted octanol–water partition coefficient (Wildman–Crippen LogP) is 4.03. The minimum Gasteiger partial charge on any atom is -0.375 e. The summed E-state index contributed by atoms with van der Waals surface area (Å²) >= 11 is 0. The number of aryl methyl sites for hydroxylation is 2. The summed E-state index contributed by atoms with van der Waals surface area (Å²) < 4.78 is 6.85. The number of pyridine rings is 1. The summed E-state index contributed by atoms with van der Waals surface area (Å²) in [5, 5.41) is 6.05. The molecule has 0 radical (unpaired) electrons. The number of amides is 2. The average Bonchev–Trinajstić information content (AvgIpc) is 3.20. The molecule has 1 aliphatic rings. The lowest BCUT2D eigenvalue weighted by Gasteiger charge is -2.26. The van der Waals surface area contributed by atoms with E-state index < -0.39 is 0 Å². The first-order valence-corrected chi connectivity index (χ1v) is 11.6. The van der Waals surface area contributed by atoms with E-state index in [9.17, 15) is 9.59 Å². The molecule has 178 valence electrons. The van der Waals surface area contributed by atoms with Crippen LogP contribution >= 0.6 is 0 Å². The number of benzene rings is 2. The van der Waals surface area contributed by atoms with Crippen molar-refractivity contribution >= 4 is 28.5 Å². The van der Waals surface area contributed by atoms with Crippen molar-refractivity contribution in [2.24, 2.45) is 7.05 Å². The van der Waals surface area contributed by atoms with Gasteiger partial charge in [-0.15, -0.1) is 0 Å². The van der Waals surface area contributed by atoms with Crippen LogP contribution in [0.3, 0.4) is 0 Å². The van der Waals surface area contributed by atoms with E-state index in [1.807, 2.05) is 35.9 Å². The maximum Gasteiger partial charge on any atom is 0.254 e. The van der Waals surface area contributed by atoms with E-state index in [4.69, 9.17) is 9.72 Å². The molecule has 1 atom stereocenters. The number of fused-ring (bicyclic) bond motifs is 2. The smallest absolute Gasteiger partial charge is 0.254 e. The summed E-state index contributed by atoms with van der Waals surface area (Å²) in [7, 11) is 3.35. The molecule has 0 unspecified atom stereocenters. The molecule has 0 saturated heterocycles. The van der Waals surface area contributed by atoms with Crippen LogP contribution in [-0.2, 0) is 23.0 Å². The van der Waals surface area contributed by atoms with Gasteiger partial charge in [0.25, 0.3) is 5.91 Å². The topological polar surface area (TPSA) is 98.1 Å². The van der Waals surface area contributed by atoms with Crippen molar-refractivity contribution in [1.29, 1.82) is 0 Å². The van der Waals surface area contributed by atoms with Crippen LogP contribution in [0.5, 0.6) is 0 Å². The van der Waals surface area contributed by atoms with Crippen LogP contribution in [-0.4, -0.2) is 40.1 Å². The molecular formula is C27H27N5O3. The van der Waals surface area contributed by atoms with Gasteiger partial charge in [-0.05, 0) is 54.7 Å². The van der Waals surface area contributed by atoms with Crippen LogP contribution in [0.4, 0.5) is 5.69 Å². The first kappa shape index (κ1) is 22.7. The monoisotopic (exact) mass is 469 g/mol. The van der Waals surface area contributed by atoms with Gasteiger partial charge in [0.05, 0.1) is 22.6 Å². The standard InChI is InChI=1S/C27H27N5O3/c1-32-25-21(27(34)31-22-9-5-7-17-6-3-4-8-20(17)22)14-19(29-24(33)16-35-2)15-23(25)30-26(32)18-10-12-28-13-11-18/h3-4,6,8,10-15,22H,5,7,9,16H2,1-2H3,(H,29,33)(H,31,34)/t22-/m0/s1. The molecule has 0 fully saturated rings. The molecule has 0 aliphatic heterocycles. The number of hydrogen-bond donors (Lipinski definition) is 2. The van der Waals surface area contributed by atoms with Crippen LogP contribution in [0.1, 0.15) is 40.4 Å². The Morgan fingerprint density at radius 3 is 2.74 bits per heavy atom. The predicted molar refractivity (Wildman–Crippen MR) is 134 cm³/mol. The van der Waals surface area contributed by atoms with Crippen molar-refractivity contribution < 1.29 is 14.3 Å². The number of carbonyl (C=O) groups is 2. The SMILES string of the molecule is COCC(=O)Nc1cc(C(=O)N[C@H]2CCCc3ccccc32)c2c(c1)nc(-c1ccncc1)n2C. The number of hydrogen-bond acceptors (Lipinski definition) is 5. The molecule has 8 nitrogen and oxygen atoms in total.